The molecule has 0 N–H and O–H groups in total. The lowest BCUT2D eigenvalue weighted by Crippen LogP contribution is -2.39. The molecule has 0 aliphatic carbocycles. The summed E-state index contributed by atoms with van der Waals surface area (Å²) in [7, 11) is 0. The third kappa shape index (κ3) is 3.67. The molecule has 0 bridgehead atoms. The standard InChI is InChI=1S/C16H19N3OS/c20-15(4-3-13-5-7-17-8-6-13)19-10-1-2-14(12-19)16-18-9-11-21-16/h5-9,11,14H,1-4,10,12H2. The Morgan fingerprint density at radius 2 is 2.19 bits per heavy atom. The van der Waals surface area contributed by atoms with E-state index < -0.39 is 0 Å². The Labute approximate surface area is 128 Å². The summed E-state index contributed by atoms with van der Waals surface area (Å²) in [4.78, 5) is 22.8. The van der Waals surface area contributed by atoms with Crippen LogP contribution >= 0.6 is 11.3 Å². The number of likely N-dealkylation sites (tertiary alicyclic amines) is 1. The van der Waals surface area contributed by atoms with Gasteiger partial charge in [-0.1, -0.05) is 0 Å². The maximum atomic E-state index is 12.4. The second kappa shape index (κ2) is 6.80. The molecule has 0 radical (unpaired) electrons. The molecule has 1 amide bonds. The van der Waals surface area contributed by atoms with Crippen LogP contribution in [0.25, 0.3) is 0 Å². The Kier molecular flexibility index (Phi) is 4.60. The molecule has 2 aromatic heterocycles. The molecule has 2 aromatic rings. The molecule has 0 saturated carbocycles. The summed E-state index contributed by atoms with van der Waals surface area (Å²) in [5.74, 6) is 0.677. The van der Waals surface area contributed by atoms with Crippen LogP contribution in [0, 0.1) is 0 Å². The van der Waals surface area contributed by atoms with Crippen LogP contribution in [0.1, 0.15) is 35.8 Å². The number of nitrogens with zero attached hydrogens (tertiary/aromatic N) is 3. The van der Waals surface area contributed by atoms with E-state index in [-0.39, 0.29) is 5.91 Å². The second-order valence-electron chi connectivity index (χ2n) is 5.40. The van der Waals surface area contributed by atoms with Gasteiger partial charge in [0.25, 0.3) is 0 Å². The molecule has 0 spiro atoms. The van der Waals surface area contributed by atoms with Crippen molar-refractivity contribution in [3.05, 3.63) is 46.7 Å². The molecule has 5 heteroatoms. The second-order valence-corrected chi connectivity index (χ2v) is 6.33. The zero-order valence-corrected chi connectivity index (χ0v) is 12.8. The Bertz CT molecular complexity index is 570. The maximum Gasteiger partial charge on any atom is 0.222 e. The summed E-state index contributed by atoms with van der Waals surface area (Å²) in [6.45, 7) is 1.71. The van der Waals surface area contributed by atoms with E-state index in [0.29, 0.717) is 12.3 Å². The molecule has 1 unspecified atom stereocenters. The molecule has 1 saturated heterocycles. The highest BCUT2D eigenvalue weighted by atomic mass is 32.1. The lowest BCUT2D eigenvalue weighted by molar-refractivity contribution is -0.132. The van der Waals surface area contributed by atoms with Crippen molar-refractivity contribution in [3.8, 4) is 0 Å². The minimum atomic E-state index is 0.257. The number of aromatic nitrogens is 2. The van der Waals surface area contributed by atoms with E-state index in [2.05, 4.69) is 9.97 Å². The molecule has 1 aliphatic heterocycles. The van der Waals surface area contributed by atoms with E-state index in [1.807, 2.05) is 28.6 Å². The molecule has 21 heavy (non-hydrogen) atoms. The van der Waals surface area contributed by atoms with E-state index >= 15 is 0 Å². The normalized spacial score (nSPS) is 18.7. The summed E-state index contributed by atoms with van der Waals surface area (Å²) in [6, 6.07) is 3.95. The molecule has 1 fully saturated rings. The highest BCUT2D eigenvalue weighted by Gasteiger charge is 2.25. The average Bonchev–Trinajstić information content (AvgIpc) is 3.08. The van der Waals surface area contributed by atoms with Crippen molar-refractivity contribution in [2.24, 2.45) is 0 Å². The SMILES string of the molecule is O=C(CCc1ccncc1)N1CCCC(c2nccs2)C1. The van der Waals surface area contributed by atoms with E-state index in [1.54, 1.807) is 23.7 Å². The third-order valence-corrected chi connectivity index (χ3v) is 4.89. The zero-order chi connectivity index (χ0) is 14.5. The van der Waals surface area contributed by atoms with Crippen molar-refractivity contribution in [3.63, 3.8) is 0 Å². The number of carbonyl (C=O) groups excluding carboxylic acids is 1. The Morgan fingerprint density at radius 3 is 2.95 bits per heavy atom. The number of hydrogen-bond donors (Lipinski definition) is 0. The molecule has 110 valence electrons. The lowest BCUT2D eigenvalue weighted by atomic mass is 9.98. The number of amides is 1. The van der Waals surface area contributed by atoms with Crippen LogP contribution in [0.2, 0.25) is 0 Å². The smallest absolute Gasteiger partial charge is 0.222 e. The summed E-state index contributed by atoms with van der Waals surface area (Å²) >= 11 is 1.70. The predicted octanol–water partition coefficient (Wildman–Crippen LogP) is 2.88. The van der Waals surface area contributed by atoms with Gasteiger partial charge in [0.2, 0.25) is 5.91 Å². The van der Waals surface area contributed by atoms with Crippen molar-refractivity contribution >= 4 is 17.2 Å². The van der Waals surface area contributed by atoms with Gasteiger partial charge in [-0.05, 0) is 37.0 Å². The number of carbonyl (C=O) groups is 1. The van der Waals surface area contributed by atoms with Crippen LogP contribution in [0.15, 0.2) is 36.1 Å². The van der Waals surface area contributed by atoms with Crippen LogP contribution in [0.5, 0.6) is 0 Å². The van der Waals surface area contributed by atoms with Crippen molar-refractivity contribution in [2.75, 3.05) is 13.1 Å². The summed E-state index contributed by atoms with van der Waals surface area (Å²) in [6.07, 6.45) is 8.99. The number of piperidine rings is 1. The number of aryl methyl sites for hydroxylation is 1. The number of pyridine rings is 1. The molecule has 1 atom stereocenters. The number of rotatable bonds is 4. The van der Waals surface area contributed by atoms with Gasteiger partial charge in [0.1, 0.15) is 0 Å². The topological polar surface area (TPSA) is 46.1 Å². The van der Waals surface area contributed by atoms with Crippen molar-refractivity contribution in [1.29, 1.82) is 0 Å². The molecular weight excluding hydrogens is 282 g/mol. The number of thiazole rings is 1. The predicted molar refractivity (Wildman–Crippen MR) is 83.2 cm³/mol. The molecule has 0 aromatic carbocycles. The minimum Gasteiger partial charge on any atom is -0.342 e. The van der Waals surface area contributed by atoms with Gasteiger partial charge in [0, 0.05) is 49.4 Å². The van der Waals surface area contributed by atoms with Crippen LogP contribution in [-0.4, -0.2) is 33.9 Å². The number of hydrogen-bond acceptors (Lipinski definition) is 4. The summed E-state index contributed by atoms with van der Waals surface area (Å²) in [5.41, 5.74) is 1.17. The fourth-order valence-corrected chi connectivity index (χ4v) is 3.57. The summed E-state index contributed by atoms with van der Waals surface area (Å²) in [5, 5.41) is 3.18. The Hall–Kier alpha value is -1.75. The third-order valence-electron chi connectivity index (χ3n) is 3.95. The van der Waals surface area contributed by atoms with E-state index in [1.165, 1.54) is 10.6 Å². The zero-order valence-electron chi connectivity index (χ0n) is 11.9. The first-order valence-corrected chi connectivity index (χ1v) is 8.27. The van der Waals surface area contributed by atoms with E-state index in [4.69, 9.17) is 0 Å². The largest absolute Gasteiger partial charge is 0.342 e. The quantitative estimate of drug-likeness (QED) is 0.872. The van der Waals surface area contributed by atoms with Crippen LogP contribution in [0.3, 0.4) is 0 Å². The van der Waals surface area contributed by atoms with Crippen LogP contribution in [-0.2, 0) is 11.2 Å². The average molecular weight is 301 g/mol. The molecule has 3 rings (SSSR count). The first-order valence-electron chi connectivity index (χ1n) is 7.39. The maximum absolute atomic E-state index is 12.4. The Morgan fingerprint density at radius 1 is 1.33 bits per heavy atom. The highest BCUT2D eigenvalue weighted by molar-refractivity contribution is 7.09. The summed E-state index contributed by atoms with van der Waals surface area (Å²) < 4.78 is 0. The molecular formula is C16H19N3OS. The van der Waals surface area contributed by atoms with Gasteiger partial charge in [0.15, 0.2) is 0 Å². The van der Waals surface area contributed by atoms with Gasteiger partial charge in [-0.15, -0.1) is 11.3 Å². The van der Waals surface area contributed by atoms with E-state index in [9.17, 15) is 4.79 Å². The fraction of sp³-hybridized carbons (Fsp3) is 0.438. The lowest BCUT2D eigenvalue weighted by Gasteiger charge is -2.32. The fourth-order valence-electron chi connectivity index (χ4n) is 2.80. The van der Waals surface area contributed by atoms with Gasteiger partial charge in [-0.25, -0.2) is 4.98 Å². The van der Waals surface area contributed by atoms with Crippen molar-refractivity contribution in [2.45, 2.75) is 31.6 Å². The van der Waals surface area contributed by atoms with Gasteiger partial charge >= 0.3 is 0 Å². The monoisotopic (exact) mass is 301 g/mol. The molecule has 3 heterocycles. The first-order chi connectivity index (χ1) is 10.3. The van der Waals surface area contributed by atoms with Crippen LogP contribution < -0.4 is 0 Å². The molecule has 1 aliphatic rings. The van der Waals surface area contributed by atoms with Gasteiger partial charge in [-0.3, -0.25) is 9.78 Å². The van der Waals surface area contributed by atoms with Crippen molar-refractivity contribution in [1.82, 2.24) is 14.9 Å². The minimum absolute atomic E-state index is 0.257. The van der Waals surface area contributed by atoms with E-state index in [0.717, 1.165) is 32.4 Å². The van der Waals surface area contributed by atoms with Gasteiger partial charge in [0.05, 0.1) is 5.01 Å². The molecule has 4 nitrogen and oxygen atoms in total. The van der Waals surface area contributed by atoms with Gasteiger partial charge in [-0.2, -0.15) is 0 Å². The van der Waals surface area contributed by atoms with Crippen LogP contribution in [0.4, 0.5) is 0 Å². The van der Waals surface area contributed by atoms with Crippen molar-refractivity contribution < 1.29 is 4.79 Å². The first kappa shape index (κ1) is 14.2. The van der Waals surface area contributed by atoms with Gasteiger partial charge < -0.3 is 4.90 Å². The Balaban J connectivity index is 1.55. The highest BCUT2D eigenvalue weighted by Crippen LogP contribution is 2.28.